The molecule has 1 nitrogen and oxygen atoms in total. The van der Waals surface area contributed by atoms with Crippen molar-refractivity contribution in [2.75, 3.05) is 6.54 Å². The SMILES string of the molecule is CCCNC(CC1CC2CCC1C2)c1ccc(C)cc1C. The maximum Gasteiger partial charge on any atom is 0.0325 e. The average molecular weight is 285 g/mol. The molecule has 1 heteroatoms. The van der Waals surface area contributed by atoms with Gasteiger partial charge in [0.25, 0.3) is 0 Å². The van der Waals surface area contributed by atoms with E-state index in [4.69, 9.17) is 0 Å². The summed E-state index contributed by atoms with van der Waals surface area (Å²) < 4.78 is 0. The van der Waals surface area contributed by atoms with Crippen molar-refractivity contribution in [2.45, 2.75) is 65.3 Å². The minimum absolute atomic E-state index is 0.565. The van der Waals surface area contributed by atoms with Crippen LogP contribution >= 0.6 is 0 Å². The Bertz CT molecular complexity index is 479. The van der Waals surface area contributed by atoms with Gasteiger partial charge in [-0.25, -0.2) is 0 Å². The monoisotopic (exact) mass is 285 g/mol. The van der Waals surface area contributed by atoms with Crippen LogP contribution in [0.4, 0.5) is 0 Å². The van der Waals surface area contributed by atoms with Crippen molar-refractivity contribution in [1.29, 1.82) is 0 Å². The van der Waals surface area contributed by atoms with E-state index < -0.39 is 0 Å². The molecule has 2 fully saturated rings. The molecule has 116 valence electrons. The molecular formula is C20H31N. The van der Waals surface area contributed by atoms with Gasteiger partial charge in [0, 0.05) is 6.04 Å². The van der Waals surface area contributed by atoms with Crippen LogP contribution in [0, 0.1) is 31.6 Å². The quantitative estimate of drug-likeness (QED) is 0.760. The Morgan fingerprint density at radius 1 is 1.19 bits per heavy atom. The lowest BCUT2D eigenvalue weighted by Gasteiger charge is -2.29. The van der Waals surface area contributed by atoms with Crippen molar-refractivity contribution >= 4 is 0 Å². The summed E-state index contributed by atoms with van der Waals surface area (Å²) in [6.45, 7) is 7.88. The third-order valence-electron chi connectivity index (χ3n) is 5.86. The van der Waals surface area contributed by atoms with Gasteiger partial charge in [0.15, 0.2) is 0 Å². The fraction of sp³-hybridized carbons (Fsp3) is 0.700. The molecule has 1 N–H and O–H groups in total. The van der Waals surface area contributed by atoms with Crippen molar-refractivity contribution in [3.05, 3.63) is 34.9 Å². The summed E-state index contributed by atoms with van der Waals surface area (Å²) >= 11 is 0. The first kappa shape index (κ1) is 15.1. The first-order valence-corrected chi connectivity index (χ1v) is 8.98. The third kappa shape index (κ3) is 3.34. The maximum atomic E-state index is 3.83. The highest BCUT2D eigenvalue weighted by Gasteiger charge is 2.40. The zero-order valence-electron chi connectivity index (χ0n) is 14.0. The Kier molecular flexibility index (Phi) is 4.69. The first-order valence-electron chi connectivity index (χ1n) is 8.98. The van der Waals surface area contributed by atoms with Crippen LogP contribution in [-0.4, -0.2) is 6.54 Å². The highest BCUT2D eigenvalue weighted by atomic mass is 14.9. The predicted octanol–water partition coefficient (Wildman–Crippen LogP) is 5.17. The predicted molar refractivity (Wildman–Crippen MR) is 90.5 cm³/mol. The summed E-state index contributed by atoms with van der Waals surface area (Å²) in [6, 6.07) is 7.56. The summed E-state index contributed by atoms with van der Waals surface area (Å²) in [5.41, 5.74) is 4.38. The molecule has 2 aliphatic rings. The largest absolute Gasteiger partial charge is 0.310 e. The summed E-state index contributed by atoms with van der Waals surface area (Å²) in [5.74, 6) is 3.07. The van der Waals surface area contributed by atoms with E-state index in [-0.39, 0.29) is 0 Å². The Hall–Kier alpha value is -0.820. The standard InChI is InChI=1S/C20H31N/c1-4-9-21-20(19-8-5-14(2)10-15(19)3)13-18-12-16-6-7-17(18)11-16/h5,8,10,16-18,20-21H,4,6-7,9,11-13H2,1-3H3. The molecule has 0 radical (unpaired) electrons. The van der Waals surface area contributed by atoms with Gasteiger partial charge in [-0.3, -0.25) is 0 Å². The minimum atomic E-state index is 0.565. The molecule has 0 amide bonds. The maximum absolute atomic E-state index is 3.83. The van der Waals surface area contributed by atoms with E-state index in [0.717, 1.165) is 24.3 Å². The van der Waals surface area contributed by atoms with E-state index in [0.29, 0.717) is 6.04 Å². The Balaban J connectivity index is 1.74. The van der Waals surface area contributed by atoms with Gasteiger partial charge in [0.2, 0.25) is 0 Å². The number of fused-ring (bicyclic) bond motifs is 2. The van der Waals surface area contributed by atoms with Crippen molar-refractivity contribution in [3.8, 4) is 0 Å². The number of hydrogen-bond donors (Lipinski definition) is 1. The van der Waals surface area contributed by atoms with Crippen LogP contribution in [0.5, 0.6) is 0 Å². The Morgan fingerprint density at radius 3 is 2.67 bits per heavy atom. The molecular weight excluding hydrogens is 254 g/mol. The van der Waals surface area contributed by atoms with Gasteiger partial charge < -0.3 is 5.32 Å². The summed E-state index contributed by atoms with van der Waals surface area (Å²) in [6.07, 6.45) is 8.61. The third-order valence-corrected chi connectivity index (χ3v) is 5.86. The smallest absolute Gasteiger partial charge is 0.0325 e. The lowest BCUT2D eigenvalue weighted by atomic mass is 9.82. The molecule has 0 spiro atoms. The summed E-state index contributed by atoms with van der Waals surface area (Å²) in [4.78, 5) is 0. The lowest BCUT2D eigenvalue weighted by Crippen LogP contribution is -2.27. The summed E-state index contributed by atoms with van der Waals surface area (Å²) in [7, 11) is 0. The van der Waals surface area contributed by atoms with E-state index in [1.807, 2.05) is 0 Å². The van der Waals surface area contributed by atoms with Gasteiger partial charge in [-0.05, 0) is 81.4 Å². The molecule has 0 heterocycles. The molecule has 21 heavy (non-hydrogen) atoms. The second-order valence-corrected chi connectivity index (χ2v) is 7.54. The van der Waals surface area contributed by atoms with Crippen LogP contribution < -0.4 is 5.32 Å². The van der Waals surface area contributed by atoms with Gasteiger partial charge >= 0.3 is 0 Å². The van der Waals surface area contributed by atoms with Crippen LogP contribution in [0.3, 0.4) is 0 Å². The summed E-state index contributed by atoms with van der Waals surface area (Å²) in [5, 5.41) is 3.83. The number of aryl methyl sites for hydroxylation is 2. The van der Waals surface area contributed by atoms with Crippen molar-refractivity contribution in [2.24, 2.45) is 17.8 Å². The number of rotatable bonds is 6. The van der Waals surface area contributed by atoms with Crippen LogP contribution in [0.15, 0.2) is 18.2 Å². The zero-order chi connectivity index (χ0) is 14.8. The molecule has 2 aliphatic carbocycles. The van der Waals surface area contributed by atoms with Gasteiger partial charge in [0.1, 0.15) is 0 Å². The average Bonchev–Trinajstić information content (AvgIpc) is 3.06. The van der Waals surface area contributed by atoms with Crippen LogP contribution in [0.25, 0.3) is 0 Å². The van der Waals surface area contributed by atoms with E-state index >= 15 is 0 Å². The minimum Gasteiger partial charge on any atom is -0.310 e. The molecule has 1 aromatic carbocycles. The van der Waals surface area contributed by atoms with Gasteiger partial charge in [-0.15, -0.1) is 0 Å². The topological polar surface area (TPSA) is 12.0 Å². The van der Waals surface area contributed by atoms with E-state index in [9.17, 15) is 0 Å². The molecule has 4 atom stereocenters. The number of hydrogen-bond acceptors (Lipinski definition) is 1. The van der Waals surface area contributed by atoms with Crippen LogP contribution in [0.1, 0.15) is 68.2 Å². The molecule has 0 aliphatic heterocycles. The van der Waals surface area contributed by atoms with E-state index in [1.165, 1.54) is 55.2 Å². The van der Waals surface area contributed by atoms with E-state index in [2.05, 4.69) is 44.3 Å². The Morgan fingerprint density at radius 2 is 2.05 bits per heavy atom. The van der Waals surface area contributed by atoms with Crippen molar-refractivity contribution < 1.29 is 0 Å². The van der Waals surface area contributed by atoms with Crippen molar-refractivity contribution in [1.82, 2.24) is 5.32 Å². The Labute approximate surface area is 130 Å². The first-order chi connectivity index (χ1) is 10.2. The highest BCUT2D eigenvalue weighted by molar-refractivity contribution is 5.33. The van der Waals surface area contributed by atoms with E-state index in [1.54, 1.807) is 0 Å². The fourth-order valence-corrected chi connectivity index (χ4v) is 4.82. The number of nitrogens with one attached hydrogen (secondary N) is 1. The lowest BCUT2D eigenvalue weighted by molar-refractivity contribution is 0.279. The van der Waals surface area contributed by atoms with Crippen molar-refractivity contribution in [3.63, 3.8) is 0 Å². The molecule has 0 aromatic heterocycles. The van der Waals surface area contributed by atoms with Gasteiger partial charge in [-0.2, -0.15) is 0 Å². The zero-order valence-corrected chi connectivity index (χ0v) is 14.0. The van der Waals surface area contributed by atoms with Crippen LogP contribution in [-0.2, 0) is 0 Å². The normalized spacial score (nSPS) is 29.0. The van der Waals surface area contributed by atoms with Crippen LogP contribution in [0.2, 0.25) is 0 Å². The molecule has 4 unspecified atom stereocenters. The molecule has 2 bridgehead atoms. The highest BCUT2D eigenvalue weighted by Crippen LogP contribution is 2.51. The number of benzene rings is 1. The molecule has 3 rings (SSSR count). The second kappa shape index (κ2) is 6.52. The fourth-order valence-electron chi connectivity index (χ4n) is 4.82. The molecule has 1 aromatic rings. The van der Waals surface area contributed by atoms with Gasteiger partial charge in [0.05, 0.1) is 0 Å². The molecule has 0 saturated heterocycles. The second-order valence-electron chi connectivity index (χ2n) is 7.54. The van der Waals surface area contributed by atoms with Gasteiger partial charge in [-0.1, -0.05) is 37.1 Å². The molecule has 2 saturated carbocycles.